The van der Waals surface area contributed by atoms with Crippen LogP contribution in [0.15, 0.2) is 46.5 Å². The summed E-state index contributed by atoms with van der Waals surface area (Å²) in [4.78, 5) is 29.6. The van der Waals surface area contributed by atoms with Gasteiger partial charge in [-0.2, -0.15) is 0 Å². The summed E-state index contributed by atoms with van der Waals surface area (Å²) in [6.07, 6.45) is 2.24. The van der Waals surface area contributed by atoms with Gasteiger partial charge < -0.3 is 5.32 Å². The Morgan fingerprint density at radius 1 is 1.22 bits per heavy atom. The summed E-state index contributed by atoms with van der Waals surface area (Å²) in [6.45, 7) is 4.75. The monoisotopic (exact) mass is 490 g/mol. The van der Waals surface area contributed by atoms with Crippen LogP contribution in [0.25, 0.3) is 16.7 Å². The summed E-state index contributed by atoms with van der Waals surface area (Å²) < 4.78 is 3.47. The maximum atomic E-state index is 13.1. The molecule has 0 aliphatic rings. The molecule has 0 radical (unpaired) electrons. The Balaban J connectivity index is 1.65. The van der Waals surface area contributed by atoms with Gasteiger partial charge >= 0.3 is 0 Å². The second-order valence-corrected chi connectivity index (χ2v) is 9.38. The number of aromatic nitrogens is 5. The minimum absolute atomic E-state index is 0.0564. The van der Waals surface area contributed by atoms with Gasteiger partial charge in [0.25, 0.3) is 5.56 Å². The van der Waals surface area contributed by atoms with Crippen molar-refractivity contribution in [2.75, 3.05) is 11.1 Å². The SMILES string of the molecule is CC(C)CCn1c(=O)c2ccccc2n2c(SCC(=O)Nc3ncc(Cl)cc3Cl)nnc12. The van der Waals surface area contributed by atoms with Crippen molar-refractivity contribution < 1.29 is 4.79 Å². The minimum atomic E-state index is -0.305. The van der Waals surface area contributed by atoms with Crippen molar-refractivity contribution in [2.45, 2.75) is 32.0 Å². The number of aryl methyl sites for hydroxylation is 1. The number of amides is 1. The number of para-hydroxylation sites is 1. The minimum Gasteiger partial charge on any atom is -0.309 e. The quantitative estimate of drug-likeness (QED) is 0.382. The van der Waals surface area contributed by atoms with Crippen LogP contribution in [0.5, 0.6) is 0 Å². The zero-order chi connectivity index (χ0) is 22.8. The highest BCUT2D eigenvalue weighted by Gasteiger charge is 2.18. The number of hydrogen-bond acceptors (Lipinski definition) is 6. The number of anilines is 1. The average molecular weight is 491 g/mol. The van der Waals surface area contributed by atoms with Gasteiger partial charge in [0, 0.05) is 12.7 Å². The first-order chi connectivity index (χ1) is 15.3. The van der Waals surface area contributed by atoms with Crippen molar-refractivity contribution in [1.82, 2.24) is 24.1 Å². The molecular formula is C21H20Cl2N6O2S. The van der Waals surface area contributed by atoms with E-state index in [9.17, 15) is 9.59 Å². The Hall–Kier alpha value is -2.62. The first kappa shape index (κ1) is 22.6. The molecule has 0 bridgehead atoms. The molecule has 1 aromatic carbocycles. The summed E-state index contributed by atoms with van der Waals surface area (Å²) in [5.74, 6) is 0.879. The molecule has 11 heteroatoms. The van der Waals surface area contributed by atoms with E-state index in [0.717, 1.165) is 6.42 Å². The summed E-state index contributed by atoms with van der Waals surface area (Å²) in [6, 6.07) is 8.83. The maximum Gasteiger partial charge on any atom is 0.262 e. The lowest BCUT2D eigenvalue weighted by Gasteiger charge is -2.12. The van der Waals surface area contributed by atoms with E-state index in [-0.39, 0.29) is 28.1 Å². The fourth-order valence-corrected chi connectivity index (χ4v) is 4.39. The van der Waals surface area contributed by atoms with Crippen LogP contribution in [0.2, 0.25) is 10.0 Å². The molecule has 4 aromatic rings. The predicted molar refractivity (Wildman–Crippen MR) is 128 cm³/mol. The molecule has 3 aromatic heterocycles. The Morgan fingerprint density at radius 3 is 2.75 bits per heavy atom. The molecule has 0 aliphatic heterocycles. The van der Waals surface area contributed by atoms with Gasteiger partial charge in [0.15, 0.2) is 11.0 Å². The molecule has 1 N–H and O–H groups in total. The van der Waals surface area contributed by atoms with E-state index < -0.39 is 0 Å². The van der Waals surface area contributed by atoms with Crippen molar-refractivity contribution in [2.24, 2.45) is 5.92 Å². The third-order valence-electron chi connectivity index (χ3n) is 4.81. The van der Waals surface area contributed by atoms with Gasteiger partial charge in [-0.05, 0) is 30.5 Å². The lowest BCUT2D eigenvalue weighted by atomic mass is 10.1. The van der Waals surface area contributed by atoms with E-state index in [2.05, 4.69) is 34.3 Å². The highest BCUT2D eigenvalue weighted by atomic mass is 35.5. The van der Waals surface area contributed by atoms with Crippen LogP contribution in [-0.2, 0) is 11.3 Å². The van der Waals surface area contributed by atoms with Gasteiger partial charge in [0.2, 0.25) is 11.7 Å². The molecule has 8 nitrogen and oxygen atoms in total. The van der Waals surface area contributed by atoms with E-state index in [4.69, 9.17) is 23.2 Å². The van der Waals surface area contributed by atoms with E-state index in [1.165, 1.54) is 24.0 Å². The molecule has 4 rings (SSSR count). The van der Waals surface area contributed by atoms with Crippen LogP contribution in [0.4, 0.5) is 5.82 Å². The third kappa shape index (κ3) is 4.60. The Labute approximate surface area is 198 Å². The van der Waals surface area contributed by atoms with Crippen molar-refractivity contribution >= 4 is 63.4 Å². The predicted octanol–water partition coefficient (Wildman–Crippen LogP) is 4.52. The summed E-state index contributed by atoms with van der Waals surface area (Å²) in [5.41, 5.74) is 0.600. The molecule has 0 unspecified atom stereocenters. The molecule has 0 spiro atoms. The van der Waals surface area contributed by atoms with Gasteiger partial charge in [-0.1, -0.05) is 60.9 Å². The molecule has 166 valence electrons. The fourth-order valence-electron chi connectivity index (χ4n) is 3.22. The molecule has 0 fully saturated rings. The van der Waals surface area contributed by atoms with Gasteiger partial charge in [-0.15, -0.1) is 10.2 Å². The summed E-state index contributed by atoms with van der Waals surface area (Å²) >= 11 is 13.1. The smallest absolute Gasteiger partial charge is 0.262 e. The second-order valence-electron chi connectivity index (χ2n) is 7.60. The average Bonchev–Trinajstić information content (AvgIpc) is 3.18. The number of carbonyl (C=O) groups is 1. The number of nitrogens with zero attached hydrogens (tertiary/aromatic N) is 5. The fraction of sp³-hybridized carbons (Fsp3) is 0.286. The number of halogens is 2. The van der Waals surface area contributed by atoms with Crippen LogP contribution in [0.3, 0.4) is 0 Å². The number of carbonyl (C=O) groups excluding carboxylic acids is 1. The summed E-state index contributed by atoms with van der Waals surface area (Å²) in [5, 5.41) is 12.9. The first-order valence-corrected chi connectivity index (χ1v) is 11.7. The number of fused-ring (bicyclic) bond motifs is 3. The number of thioether (sulfide) groups is 1. The second kappa shape index (κ2) is 9.48. The van der Waals surface area contributed by atoms with Crippen molar-refractivity contribution in [3.8, 4) is 0 Å². The van der Waals surface area contributed by atoms with E-state index >= 15 is 0 Å². The highest BCUT2D eigenvalue weighted by Crippen LogP contribution is 2.24. The Morgan fingerprint density at radius 2 is 2.00 bits per heavy atom. The number of hydrogen-bond donors (Lipinski definition) is 1. The topological polar surface area (TPSA) is 94.2 Å². The molecule has 0 atom stereocenters. The molecule has 0 aliphatic carbocycles. The Kier molecular flexibility index (Phi) is 6.68. The van der Waals surface area contributed by atoms with Crippen LogP contribution in [0, 0.1) is 5.92 Å². The zero-order valence-electron chi connectivity index (χ0n) is 17.4. The van der Waals surface area contributed by atoms with Crippen molar-refractivity contribution in [3.63, 3.8) is 0 Å². The third-order valence-corrected chi connectivity index (χ3v) is 6.23. The van der Waals surface area contributed by atoms with Gasteiger partial charge in [-0.3, -0.25) is 18.6 Å². The number of pyridine rings is 1. The first-order valence-electron chi connectivity index (χ1n) is 9.95. The standard InChI is InChI=1S/C21H20Cl2N6O2S/c1-12(2)7-8-28-19(31)14-5-3-4-6-16(14)29-20(28)26-27-21(29)32-11-17(30)25-18-15(23)9-13(22)10-24-18/h3-6,9-10,12H,7-8,11H2,1-2H3,(H,24,25,30). The van der Waals surface area contributed by atoms with Crippen LogP contribution in [-0.4, -0.2) is 35.8 Å². The molecule has 1 amide bonds. The molecular weight excluding hydrogens is 471 g/mol. The Bertz CT molecular complexity index is 1370. The van der Waals surface area contributed by atoms with E-state index in [1.807, 2.05) is 22.6 Å². The zero-order valence-corrected chi connectivity index (χ0v) is 19.7. The van der Waals surface area contributed by atoms with E-state index in [0.29, 0.717) is 39.3 Å². The van der Waals surface area contributed by atoms with Crippen LogP contribution < -0.4 is 10.9 Å². The van der Waals surface area contributed by atoms with Gasteiger partial charge in [0.1, 0.15) is 0 Å². The molecule has 0 saturated heterocycles. The molecule has 32 heavy (non-hydrogen) atoms. The van der Waals surface area contributed by atoms with Gasteiger partial charge in [-0.25, -0.2) is 4.98 Å². The van der Waals surface area contributed by atoms with E-state index in [1.54, 1.807) is 10.6 Å². The number of rotatable bonds is 7. The van der Waals surface area contributed by atoms with Crippen molar-refractivity contribution in [3.05, 3.63) is 56.9 Å². The molecule has 3 heterocycles. The lowest BCUT2D eigenvalue weighted by molar-refractivity contribution is -0.113. The largest absolute Gasteiger partial charge is 0.309 e. The van der Waals surface area contributed by atoms with Crippen LogP contribution in [0.1, 0.15) is 20.3 Å². The highest BCUT2D eigenvalue weighted by molar-refractivity contribution is 7.99. The number of benzene rings is 1. The van der Waals surface area contributed by atoms with Crippen LogP contribution >= 0.6 is 35.0 Å². The normalized spacial score (nSPS) is 11.5. The lowest BCUT2D eigenvalue weighted by Crippen LogP contribution is -2.24. The van der Waals surface area contributed by atoms with Gasteiger partial charge in [0.05, 0.1) is 26.7 Å². The molecule has 0 saturated carbocycles. The maximum absolute atomic E-state index is 13.1. The van der Waals surface area contributed by atoms with Crippen molar-refractivity contribution in [1.29, 1.82) is 0 Å². The summed E-state index contributed by atoms with van der Waals surface area (Å²) in [7, 11) is 0. The number of nitrogens with one attached hydrogen (secondary N) is 1.